The molecular weight excluding hydrogens is 625 g/mol. The van der Waals surface area contributed by atoms with Crippen LogP contribution in [0.1, 0.15) is 11.8 Å². The number of rotatable bonds is 4. The van der Waals surface area contributed by atoms with E-state index in [1.54, 1.807) is 0 Å². The molecule has 0 saturated heterocycles. The van der Waals surface area contributed by atoms with Gasteiger partial charge in [-0.1, -0.05) is 140 Å². The number of hydrogen-bond acceptors (Lipinski definition) is 3. The number of nitrogens with one attached hydrogen (secondary N) is 1. The van der Waals surface area contributed by atoms with E-state index in [4.69, 9.17) is 9.15 Å². The van der Waals surface area contributed by atoms with Crippen molar-refractivity contribution >= 4 is 60.2 Å². The average Bonchev–Trinajstić information content (AvgIpc) is 3.90. The highest BCUT2D eigenvalue weighted by Gasteiger charge is 2.30. The Morgan fingerprint density at radius 3 is 2.10 bits per heavy atom. The summed E-state index contributed by atoms with van der Waals surface area (Å²) < 4.78 is 15.7. The van der Waals surface area contributed by atoms with Gasteiger partial charge in [-0.2, -0.15) is 0 Å². The maximum absolute atomic E-state index is 6.76. The van der Waals surface area contributed by atoms with Gasteiger partial charge in [-0.15, -0.1) is 0 Å². The molecule has 0 spiro atoms. The van der Waals surface area contributed by atoms with Crippen LogP contribution in [0.4, 0.5) is 5.69 Å². The number of ether oxygens (including phenoxy) is 1. The third-order valence-electron chi connectivity index (χ3n) is 10.4. The van der Waals surface area contributed by atoms with Gasteiger partial charge >= 0.3 is 0 Å². The minimum absolute atomic E-state index is 0.334. The molecule has 0 radical (unpaired) electrons. The number of para-hydroxylation sites is 2. The minimum atomic E-state index is -0.334. The monoisotopic (exact) mass is 654 g/mol. The van der Waals surface area contributed by atoms with Crippen molar-refractivity contribution < 1.29 is 9.15 Å². The van der Waals surface area contributed by atoms with Crippen molar-refractivity contribution in [3.05, 3.63) is 175 Å². The van der Waals surface area contributed by atoms with Crippen LogP contribution in [0.25, 0.3) is 82.5 Å². The van der Waals surface area contributed by atoms with Crippen LogP contribution in [0.2, 0.25) is 0 Å². The number of hydrogen-bond donors (Lipinski definition) is 1. The van der Waals surface area contributed by atoms with E-state index in [9.17, 15) is 0 Å². The lowest BCUT2D eigenvalue weighted by Crippen LogP contribution is -2.09. The lowest BCUT2D eigenvalue weighted by atomic mass is 9.97. The highest BCUT2D eigenvalue weighted by molar-refractivity contribution is 6.22. The Morgan fingerprint density at radius 1 is 0.529 bits per heavy atom. The molecule has 0 amide bonds. The predicted octanol–water partition coefficient (Wildman–Crippen LogP) is 12.7. The first-order valence-electron chi connectivity index (χ1n) is 17.4. The minimum Gasteiger partial charge on any atom is -0.464 e. The molecule has 1 N–H and O–H groups in total. The number of aromatic nitrogens is 1. The van der Waals surface area contributed by atoms with Gasteiger partial charge in [-0.3, -0.25) is 0 Å². The number of furan rings is 1. The predicted molar refractivity (Wildman–Crippen MR) is 210 cm³/mol. The third-order valence-corrected chi connectivity index (χ3v) is 10.4. The summed E-state index contributed by atoms with van der Waals surface area (Å²) in [6.07, 6.45) is -0.334. The smallest absolute Gasteiger partial charge is 0.196 e. The van der Waals surface area contributed by atoms with E-state index in [0.29, 0.717) is 0 Å². The second-order valence-electron chi connectivity index (χ2n) is 13.3. The number of fused-ring (bicyclic) bond motifs is 10. The number of benzene rings is 8. The van der Waals surface area contributed by atoms with Crippen LogP contribution in [0, 0.1) is 0 Å². The van der Waals surface area contributed by atoms with Crippen molar-refractivity contribution in [2.24, 2.45) is 0 Å². The van der Waals surface area contributed by atoms with E-state index in [-0.39, 0.29) is 6.23 Å². The number of anilines is 1. The SMILES string of the molecule is c1ccc(-c2cc3c(c4c2oc2ccccc24)OC(c2ccc(-c4cccc5c4c4ccc6ccccc6c4n5-c4ccccc4)cc2)N3)cc1. The molecule has 1 aliphatic heterocycles. The van der Waals surface area contributed by atoms with E-state index in [2.05, 4.69) is 162 Å². The van der Waals surface area contributed by atoms with Gasteiger partial charge in [-0.25, -0.2) is 0 Å². The van der Waals surface area contributed by atoms with Gasteiger partial charge in [-0.05, 0) is 52.4 Å². The van der Waals surface area contributed by atoms with Gasteiger partial charge in [0.05, 0.1) is 22.1 Å². The van der Waals surface area contributed by atoms with Gasteiger partial charge in [0.25, 0.3) is 0 Å². The van der Waals surface area contributed by atoms with Crippen LogP contribution >= 0.6 is 0 Å². The van der Waals surface area contributed by atoms with Crippen molar-refractivity contribution in [1.29, 1.82) is 0 Å². The lowest BCUT2D eigenvalue weighted by Gasteiger charge is -2.13. The highest BCUT2D eigenvalue weighted by Crippen LogP contribution is 2.50. The zero-order chi connectivity index (χ0) is 33.5. The van der Waals surface area contributed by atoms with E-state index < -0.39 is 0 Å². The molecule has 11 rings (SSSR count). The van der Waals surface area contributed by atoms with Crippen molar-refractivity contribution in [3.8, 4) is 33.7 Å². The molecule has 240 valence electrons. The molecule has 1 atom stereocenters. The zero-order valence-electron chi connectivity index (χ0n) is 27.5. The van der Waals surface area contributed by atoms with Crippen LogP contribution in [-0.4, -0.2) is 4.57 Å². The van der Waals surface area contributed by atoms with Crippen molar-refractivity contribution in [2.75, 3.05) is 5.32 Å². The first-order chi connectivity index (χ1) is 25.3. The first kappa shape index (κ1) is 28.1. The molecule has 3 heterocycles. The summed E-state index contributed by atoms with van der Waals surface area (Å²) in [7, 11) is 0. The Balaban J connectivity index is 1.03. The molecule has 0 saturated carbocycles. The van der Waals surface area contributed by atoms with E-state index in [0.717, 1.165) is 61.3 Å². The summed E-state index contributed by atoms with van der Waals surface area (Å²) >= 11 is 0. The van der Waals surface area contributed by atoms with Crippen LogP contribution in [0.3, 0.4) is 0 Å². The van der Waals surface area contributed by atoms with Crippen molar-refractivity contribution in [3.63, 3.8) is 0 Å². The Bertz CT molecular complexity index is 2960. The Morgan fingerprint density at radius 2 is 1.25 bits per heavy atom. The van der Waals surface area contributed by atoms with Gasteiger partial charge in [0.2, 0.25) is 0 Å². The second kappa shape index (κ2) is 10.9. The van der Waals surface area contributed by atoms with Crippen LogP contribution in [-0.2, 0) is 0 Å². The van der Waals surface area contributed by atoms with E-state index in [1.165, 1.54) is 38.1 Å². The normalized spacial score (nSPS) is 14.0. The van der Waals surface area contributed by atoms with E-state index in [1.807, 2.05) is 18.2 Å². The fourth-order valence-electron chi connectivity index (χ4n) is 8.12. The molecule has 10 aromatic rings. The van der Waals surface area contributed by atoms with E-state index >= 15 is 0 Å². The third kappa shape index (κ3) is 4.20. The summed E-state index contributed by atoms with van der Waals surface area (Å²) in [6.45, 7) is 0. The molecule has 51 heavy (non-hydrogen) atoms. The highest BCUT2D eigenvalue weighted by atomic mass is 16.5. The molecule has 0 fully saturated rings. The Labute approximate surface area is 293 Å². The molecule has 4 nitrogen and oxygen atoms in total. The molecule has 4 heteroatoms. The molecule has 0 aliphatic carbocycles. The molecule has 2 aromatic heterocycles. The molecule has 1 unspecified atom stereocenters. The molecular formula is C47H30N2O2. The quantitative estimate of drug-likeness (QED) is 0.205. The second-order valence-corrected chi connectivity index (χ2v) is 13.3. The van der Waals surface area contributed by atoms with Gasteiger partial charge in [0.15, 0.2) is 12.0 Å². The van der Waals surface area contributed by atoms with Gasteiger partial charge in [0, 0.05) is 38.4 Å². The maximum atomic E-state index is 6.76. The lowest BCUT2D eigenvalue weighted by molar-refractivity contribution is 0.263. The summed E-state index contributed by atoms with van der Waals surface area (Å²) in [5.41, 5.74) is 11.8. The summed E-state index contributed by atoms with van der Waals surface area (Å²) in [4.78, 5) is 0. The topological polar surface area (TPSA) is 39.3 Å². The standard InChI is InChI=1S/C47H30N2O2/c1-3-12-29(13-4-1)38-28-39-46(43-36-18-9-10-21-41(36)50-45(38)43)51-47(48-39)32-24-22-31(23-25-32)34-19-11-20-40-42(34)37-27-26-30-14-7-8-17-35(30)44(37)49(40)33-15-5-2-6-16-33/h1-28,47-48H. The van der Waals surface area contributed by atoms with Crippen LogP contribution in [0.5, 0.6) is 5.75 Å². The van der Waals surface area contributed by atoms with Crippen LogP contribution in [0.15, 0.2) is 174 Å². The average molecular weight is 655 g/mol. The molecule has 0 bridgehead atoms. The maximum Gasteiger partial charge on any atom is 0.196 e. The number of nitrogens with zero attached hydrogens (tertiary/aromatic N) is 1. The molecule has 8 aromatic carbocycles. The molecule has 1 aliphatic rings. The van der Waals surface area contributed by atoms with Crippen LogP contribution < -0.4 is 10.1 Å². The fraction of sp³-hybridized carbons (Fsp3) is 0.0213. The van der Waals surface area contributed by atoms with Crippen molar-refractivity contribution in [2.45, 2.75) is 6.23 Å². The summed E-state index contributed by atoms with van der Waals surface area (Å²) in [5.74, 6) is 0.828. The zero-order valence-corrected chi connectivity index (χ0v) is 27.5. The van der Waals surface area contributed by atoms with Gasteiger partial charge < -0.3 is 19.0 Å². The Kier molecular flexibility index (Phi) is 5.98. The first-order valence-corrected chi connectivity index (χ1v) is 17.4. The van der Waals surface area contributed by atoms with Crippen molar-refractivity contribution in [1.82, 2.24) is 4.57 Å². The Hall–Kier alpha value is -6.78. The largest absolute Gasteiger partial charge is 0.464 e. The fourth-order valence-corrected chi connectivity index (χ4v) is 8.12. The van der Waals surface area contributed by atoms with Gasteiger partial charge in [0.1, 0.15) is 11.2 Å². The summed E-state index contributed by atoms with van der Waals surface area (Å²) in [5, 5.41) is 10.7. The summed E-state index contributed by atoms with van der Waals surface area (Å²) in [6, 6.07) is 60.2.